The van der Waals surface area contributed by atoms with E-state index in [0.717, 1.165) is 6.42 Å². The van der Waals surface area contributed by atoms with Crippen LogP contribution in [0.2, 0.25) is 0 Å². The van der Waals surface area contributed by atoms with Crippen LogP contribution in [0.3, 0.4) is 0 Å². The summed E-state index contributed by atoms with van der Waals surface area (Å²) in [6.07, 6.45) is 3.54. The Labute approximate surface area is 61.3 Å². The van der Waals surface area contributed by atoms with Crippen LogP contribution in [-0.4, -0.2) is 18.7 Å². The average molecular weight is 142 g/mol. The summed E-state index contributed by atoms with van der Waals surface area (Å²) in [5.41, 5.74) is 5.32. The monoisotopic (exact) mass is 142 g/mol. The Morgan fingerprint density at radius 3 is 3.10 bits per heavy atom. The summed E-state index contributed by atoms with van der Waals surface area (Å²) in [5.74, 6) is 0. The highest BCUT2D eigenvalue weighted by Crippen LogP contribution is 2.09. The lowest BCUT2D eigenvalue weighted by Gasteiger charge is -2.00. The molecule has 0 spiro atoms. The molecule has 1 rings (SSSR count). The summed E-state index contributed by atoms with van der Waals surface area (Å²) in [6, 6.07) is 0.695. The molecule has 0 saturated heterocycles. The molecule has 0 radical (unpaired) electrons. The van der Waals surface area contributed by atoms with Crippen LogP contribution in [0.1, 0.15) is 26.2 Å². The van der Waals surface area contributed by atoms with Crippen molar-refractivity contribution < 1.29 is 4.74 Å². The normalized spacial score (nSPS) is 24.1. The molecule has 0 amide bonds. The lowest BCUT2D eigenvalue weighted by Crippen LogP contribution is -2.10. The molecule has 0 bridgehead atoms. The lowest BCUT2D eigenvalue weighted by molar-refractivity contribution is 0.306. The first-order valence-corrected chi connectivity index (χ1v) is 3.79. The number of rotatable bonds is 3. The Hall–Kier alpha value is -0.730. The summed E-state index contributed by atoms with van der Waals surface area (Å²) < 4.78 is 4.99. The van der Waals surface area contributed by atoms with Gasteiger partial charge in [-0.3, -0.25) is 0 Å². The van der Waals surface area contributed by atoms with Gasteiger partial charge in [0.25, 0.3) is 6.02 Å². The van der Waals surface area contributed by atoms with E-state index >= 15 is 0 Å². The standard InChI is InChI=1S/C7H14N2O/c1-2-3-4-6-5-10-7(8)9-6/h6H,2-5H2,1H3,(H2,8,9)/t6-/m0/s1. The average Bonchev–Trinajstić information content (AvgIpc) is 2.31. The van der Waals surface area contributed by atoms with Gasteiger partial charge in [-0.15, -0.1) is 0 Å². The third-order valence-corrected chi connectivity index (χ3v) is 1.62. The fourth-order valence-electron chi connectivity index (χ4n) is 1.02. The van der Waals surface area contributed by atoms with E-state index in [-0.39, 0.29) is 0 Å². The first-order chi connectivity index (χ1) is 4.83. The number of unbranched alkanes of at least 4 members (excludes halogenated alkanes) is 1. The first kappa shape index (κ1) is 7.38. The fourth-order valence-corrected chi connectivity index (χ4v) is 1.02. The molecule has 3 nitrogen and oxygen atoms in total. The molecule has 1 aliphatic heterocycles. The molecular formula is C7H14N2O. The molecule has 58 valence electrons. The van der Waals surface area contributed by atoms with Gasteiger partial charge in [-0.05, 0) is 6.42 Å². The topological polar surface area (TPSA) is 47.6 Å². The molecule has 0 aromatic carbocycles. The van der Waals surface area contributed by atoms with Crippen molar-refractivity contribution >= 4 is 6.02 Å². The first-order valence-electron chi connectivity index (χ1n) is 3.79. The van der Waals surface area contributed by atoms with Crippen molar-refractivity contribution in [2.45, 2.75) is 32.2 Å². The van der Waals surface area contributed by atoms with Crippen molar-refractivity contribution in [3.8, 4) is 0 Å². The second kappa shape index (κ2) is 3.44. The van der Waals surface area contributed by atoms with Crippen LogP contribution in [-0.2, 0) is 4.74 Å². The predicted molar refractivity (Wildman–Crippen MR) is 40.9 cm³/mol. The van der Waals surface area contributed by atoms with Gasteiger partial charge in [0.2, 0.25) is 0 Å². The number of nitrogens with two attached hydrogens (primary N) is 1. The van der Waals surface area contributed by atoms with Gasteiger partial charge in [0.05, 0.1) is 6.04 Å². The van der Waals surface area contributed by atoms with Gasteiger partial charge in [0.15, 0.2) is 0 Å². The molecule has 1 heterocycles. The van der Waals surface area contributed by atoms with E-state index in [9.17, 15) is 0 Å². The highest BCUT2D eigenvalue weighted by molar-refractivity contribution is 5.72. The molecule has 0 aromatic heterocycles. The number of hydrogen-bond donors (Lipinski definition) is 1. The van der Waals surface area contributed by atoms with Crippen molar-refractivity contribution in [3.05, 3.63) is 0 Å². The van der Waals surface area contributed by atoms with Crippen LogP contribution in [0.15, 0.2) is 4.99 Å². The van der Waals surface area contributed by atoms with Gasteiger partial charge in [0.1, 0.15) is 6.61 Å². The van der Waals surface area contributed by atoms with E-state index in [4.69, 9.17) is 10.5 Å². The smallest absolute Gasteiger partial charge is 0.282 e. The Morgan fingerprint density at radius 1 is 1.80 bits per heavy atom. The lowest BCUT2D eigenvalue weighted by atomic mass is 10.1. The minimum Gasteiger partial charge on any atom is -0.463 e. The Balaban J connectivity index is 2.18. The molecule has 10 heavy (non-hydrogen) atoms. The van der Waals surface area contributed by atoms with E-state index in [0.29, 0.717) is 18.7 Å². The number of nitrogens with zero attached hydrogens (tertiary/aromatic N) is 1. The minimum absolute atomic E-state index is 0.333. The quantitative estimate of drug-likeness (QED) is 0.636. The summed E-state index contributed by atoms with van der Waals surface area (Å²) >= 11 is 0. The van der Waals surface area contributed by atoms with E-state index in [1.54, 1.807) is 0 Å². The van der Waals surface area contributed by atoms with Crippen LogP contribution in [0, 0.1) is 0 Å². The Bertz CT molecular complexity index is 134. The molecular weight excluding hydrogens is 128 g/mol. The highest BCUT2D eigenvalue weighted by Gasteiger charge is 2.14. The van der Waals surface area contributed by atoms with Gasteiger partial charge in [-0.2, -0.15) is 0 Å². The van der Waals surface area contributed by atoms with Crippen LogP contribution in [0.25, 0.3) is 0 Å². The summed E-state index contributed by atoms with van der Waals surface area (Å²) in [5, 5.41) is 0. The molecule has 3 heteroatoms. The number of amidine groups is 1. The van der Waals surface area contributed by atoms with Crippen molar-refractivity contribution in [2.24, 2.45) is 10.7 Å². The summed E-state index contributed by atoms with van der Waals surface area (Å²) in [6.45, 7) is 2.86. The van der Waals surface area contributed by atoms with E-state index in [2.05, 4.69) is 11.9 Å². The zero-order valence-electron chi connectivity index (χ0n) is 6.34. The van der Waals surface area contributed by atoms with E-state index in [1.807, 2.05) is 0 Å². The SMILES string of the molecule is CCCC[C@H]1COC(N)=N1. The molecule has 1 atom stereocenters. The number of aliphatic imine (C=N–C) groups is 1. The van der Waals surface area contributed by atoms with Crippen molar-refractivity contribution in [3.63, 3.8) is 0 Å². The molecule has 0 fully saturated rings. The van der Waals surface area contributed by atoms with Crippen LogP contribution < -0.4 is 5.73 Å². The van der Waals surface area contributed by atoms with Gasteiger partial charge in [0, 0.05) is 0 Å². The predicted octanol–water partition coefficient (Wildman–Crippen LogP) is 0.890. The van der Waals surface area contributed by atoms with Crippen LogP contribution >= 0.6 is 0 Å². The molecule has 0 aromatic rings. The van der Waals surface area contributed by atoms with Crippen LogP contribution in [0.5, 0.6) is 0 Å². The van der Waals surface area contributed by atoms with Crippen molar-refractivity contribution in [1.82, 2.24) is 0 Å². The minimum atomic E-state index is 0.333. The molecule has 0 saturated carbocycles. The fraction of sp³-hybridized carbons (Fsp3) is 0.857. The highest BCUT2D eigenvalue weighted by atomic mass is 16.5. The van der Waals surface area contributed by atoms with Gasteiger partial charge >= 0.3 is 0 Å². The summed E-state index contributed by atoms with van der Waals surface area (Å²) in [7, 11) is 0. The third kappa shape index (κ3) is 1.90. The molecule has 0 aliphatic carbocycles. The molecule has 2 N–H and O–H groups in total. The van der Waals surface area contributed by atoms with Gasteiger partial charge in [-0.1, -0.05) is 19.8 Å². The molecule has 0 unspecified atom stereocenters. The number of ether oxygens (including phenoxy) is 1. The third-order valence-electron chi connectivity index (χ3n) is 1.62. The Morgan fingerprint density at radius 2 is 2.60 bits per heavy atom. The zero-order chi connectivity index (χ0) is 7.40. The summed E-state index contributed by atoms with van der Waals surface area (Å²) in [4.78, 5) is 4.10. The zero-order valence-corrected chi connectivity index (χ0v) is 6.34. The maximum atomic E-state index is 5.32. The van der Waals surface area contributed by atoms with Crippen molar-refractivity contribution in [1.29, 1.82) is 0 Å². The van der Waals surface area contributed by atoms with E-state index < -0.39 is 0 Å². The van der Waals surface area contributed by atoms with Gasteiger partial charge < -0.3 is 10.5 Å². The van der Waals surface area contributed by atoms with E-state index in [1.165, 1.54) is 12.8 Å². The maximum Gasteiger partial charge on any atom is 0.282 e. The largest absolute Gasteiger partial charge is 0.463 e. The number of hydrogen-bond acceptors (Lipinski definition) is 3. The van der Waals surface area contributed by atoms with Crippen molar-refractivity contribution in [2.75, 3.05) is 6.61 Å². The molecule has 1 aliphatic rings. The Kier molecular flexibility index (Phi) is 2.54. The second-order valence-corrected chi connectivity index (χ2v) is 2.57. The van der Waals surface area contributed by atoms with Gasteiger partial charge in [-0.25, -0.2) is 4.99 Å². The van der Waals surface area contributed by atoms with Crippen LogP contribution in [0.4, 0.5) is 0 Å². The maximum absolute atomic E-state index is 5.32. The second-order valence-electron chi connectivity index (χ2n) is 2.57.